The summed E-state index contributed by atoms with van der Waals surface area (Å²) in [7, 11) is -1.16. The van der Waals surface area contributed by atoms with Crippen molar-refractivity contribution in [2.45, 2.75) is 11.4 Å². The fourth-order valence-corrected chi connectivity index (χ4v) is 4.50. The predicted octanol–water partition coefficient (Wildman–Crippen LogP) is 3.35. The minimum absolute atomic E-state index is 0.0454. The molecule has 0 fully saturated rings. The molecule has 1 N–H and O–H groups in total. The van der Waals surface area contributed by atoms with Crippen molar-refractivity contribution < 1.29 is 27.1 Å². The normalized spacial score (nSPS) is 11.0. The number of ether oxygens (including phenoxy) is 2. The smallest absolute Gasteiger partial charge is 0.264 e. The molecule has 9 heteroatoms. The van der Waals surface area contributed by atoms with Gasteiger partial charge in [0.05, 0.1) is 24.8 Å². The van der Waals surface area contributed by atoms with E-state index in [-0.39, 0.29) is 17.1 Å². The molecule has 0 aliphatic rings. The number of hydrogen-bond acceptors (Lipinski definition) is 5. The quantitative estimate of drug-likeness (QED) is 0.532. The molecule has 0 bridgehead atoms. The van der Waals surface area contributed by atoms with Crippen molar-refractivity contribution in [2.24, 2.45) is 0 Å². The van der Waals surface area contributed by atoms with Crippen LogP contribution in [0.15, 0.2) is 77.7 Å². The molecule has 0 aliphatic heterocycles. The number of hydrogen-bond donors (Lipinski definition) is 1. The van der Waals surface area contributed by atoms with Gasteiger partial charge in [-0.05, 0) is 42.0 Å². The van der Waals surface area contributed by atoms with Gasteiger partial charge in [-0.25, -0.2) is 12.8 Å². The zero-order chi connectivity index (χ0) is 23.1. The van der Waals surface area contributed by atoms with E-state index in [1.54, 1.807) is 36.4 Å². The Morgan fingerprint density at radius 3 is 2.25 bits per heavy atom. The predicted molar refractivity (Wildman–Crippen MR) is 119 cm³/mol. The standard InChI is InChI=1S/C23H23FN2O5S/c1-30-21-13-12-17(14-22(21)31-2)15-25-23(27)16-26(20-11-7-6-10-19(20)24)32(28,29)18-8-4-3-5-9-18/h3-14H,15-16H2,1-2H3,(H,25,27). The molecule has 168 valence electrons. The largest absolute Gasteiger partial charge is 0.493 e. The van der Waals surface area contributed by atoms with Crippen LogP contribution in [0.2, 0.25) is 0 Å². The summed E-state index contributed by atoms with van der Waals surface area (Å²) >= 11 is 0. The molecule has 0 aromatic heterocycles. The number of nitrogens with zero attached hydrogens (tertiary/aromatic N) is 1. The molecule has 0 radical (unpaired) electrons. The van der Waals surface area contributed by atoms with Crippen LogP contribution in [0.4, 0.5) is 10.1 Å². The summed E-state index contributed by atoms with van der Waals surface area (Å²) < 4.78 is 52.1. The fraction of sp³-hybridized carbons (Fsp3) is 0.174. The number of halogens is 1. The highest BCUT2D eigenvalue weighted by molar-refractivity contribution is 7.92. The molecule has 1 amide bonds. The Kier molecular flexibility index (Phi) is 7.32. The van der Waals surface area contributed by atoms with Gasteiger partial charge in [-0.2, -0.15) is 0 Å². The third-order valence-electron chi connectivity index (χ3n) is 4.68. The van der Waals surface area contributed by atoms with Crippen LogP contribution < -0.4 is 19.1 Å². The first-order valence-electron chi connectivity index (χ1n) is 9.66. The van der Waals surface area contributed by atoms with Crippen molar-refractivity contribution in [1.29, 1.82) is 0 Å². The highest BCUT2D eigenvalue weighted by Gasteiger charge is 2.28. The van der Waals surface area contributed by atoms with E-state index >= 15 is 0 Å². The van der Waals surface area contributed by atoms with Gasteiger partial charge in [0.25, 0.3) is 10.0 Å². The van der Waals surface area contributed by atoms with Gasteiger partial charge in [-0.15, -0.1) is 0 Å². The molecule has 0 atom stereocenters. The summed E-state index contributed by atoms with van der Waals surface area (Å²) in [4.78, 5) is 12.6. The van der Waals surface area contributed by atoms with Crippen molar-refractivity contribution in [3.05, 3.63) is 84.2 Å². The number of nitrogens with one attached hydrogen (secondary N) is 1. The number of anilines is 1. The van der Waals surface area contributed by atoms with Gasteiger partial charge in [-0.1, -0.05) is 36.4 Å². The summed E-state index contributed by atoms with van der Waals surface area (Å²) in [6, 6.07) is 18.1. The second-order valence-electron chi connectivity index (χ2n) is 6.74. The zero-order valence-electron chi connectivity index (χ0n) is 17.6. The van der Waals surface area contributed by atoms with Crippen LogP contribution in [0, 0.1) is 5.82 Å². The van der Waals surface area contributed by atoms with Crippen molar-refractivity contribution >= 4 is 21.6 Å². The number of carbonyl (C=O) groups excluding carboxylic acids is 1. The molecule has 0 saturated carbocycles. The molecule has 32 heavy (non-hydrogen) atoms. The lowest BCUT2D eigenvalue weighted by molar-refractivity contribution is -0.119. The summed E-state index contributed by atoms with van der Waals surface area (Å²) in [5.74, 6) is -0.302. The number of sulfonamides is 1. The third kappa shape index (κ3) is 5.17. The van der Waals surface area contributed by atoms with Crippen LogP contribution in [-0.4, -0.2) is 35.1 Å². The average Bonchev–Trinajstić information content (AvgIpc) is 2.82. The fourth-order valence-electron chi connectivity index (χ4n) is 3.05. The minimum Gasteiger partial charge on any atom is -0.493 e. The molecule has 3 aromatic carbocycles. The number of para-hydroxylation sites is 1. The highest BCUT2D eigenvalue weighted by atomic mass is 32.2. The van der Waals surface area contributed by atoms with Gasteiger partial charge in [0.2, 0.25) is 5.91 Å². The molecule has 0 spiro atoms. The second-order valence-corrected chi connectivity index (χ2v) is 8.60. The van der Waals surface area contributed by atoms with Crippen molar-refractivity contribution in [2.75, 3.05) is 25.1 Å². The van der Waals surface area contributed by atoms with Gasteiger partial charge in [0.15, 0.2) is 11.5 Å². The molecular formula is C23H23FN2O5S. The molecule has 7 nitrogen and oxygen atoms in total. The molecule has 3 rings (SSSR count). The maximum Gasteiger partial charge on any atom is 0.264 e. The lowest BCUT2D eigenvalue weighted by Gasteiger charge is -2.24. The van der Waals surface area contributed by atoms with Gasteiger partial charge in [0, 0.05) is 6.54 Å². The van der Waals surface area contributed by atoms with Crippen LogP contribution >= 0.6 is 0 Å². The van der Waals surface area contributed by atoms with E-state index in [0.29, 0.717) is 11.5 Å². The summed E-state index contributed by atoms with van der Waals surface area (Å²) in [6.07, 6.45) is 0. The van der Waals surface area contributed by atoms with Crippen LogP contribution in [0.5, 0.6) is 11.5 Å². The first-order chi connectivity index (χ1) is 15.4. The Balaban J connectivity index is 1.83. The molecule has 0 aliphatic carbocycles. The molecule has 0 unspecified atom stereocenters. The topological polar surface area (TPSA) is 84.9 Å². The number of methoxy groups -OCH3 is 2. The molecule has 0 heterocycles. The molecule has 3 aromatic rings. The Morgan fingerprint density at radius 1 is 0.938 bits per heavy atom. The van der Waals surface area contributed by atoms with Crippen molar-refractivity contribution in [1.82, 2.24) is 5.32 Å². The number of amides is 1. The summed E-state index contributed by atoms with van der Waals surface area (Å²) in [6.45, 7) is -0.471. The number of benzene rings is 3. The van der Waals surface area contributed by atoms with E-state index in [1.165, 1.54) is 44.6 Å². The molecular weight excluding hydrogens is 435 g/mol. The Labute approximate surface area is 186 Å². The minimum atomic E-state index is -4.18. The molecule has 0 saturated heterocycles. The van der Waals surface area contributed by atoms with E-state index in [2.05, 4.69) is 5.32 Å². The third-order valence-corrected chi connectivity index (χ3v) is 6.45. The van der Waals surface area contributed by atoms with Crippen molar-refractivity contribution in [3.63, 3.8) is 0 Å². The van der Waals surface area contributed by atoms with E-state index in [0.717, 1.165) is 15.9 Å². The first kappa shape index (κ1) is 23.1. The van der Waals surface area contributed by atoms with E-state index in [4.69, 9.17) is 9.47 Å². The van der Waals surface area contributed by atoms with Crippen LogP contribution in [0.1, 0.15) is 5.56 Å². The van der Waals surface area contributed by atoms with Crippen LogP contribution in [0.25, 0.3) is 0 Å². The van der Waals surface area contributed by atoms with E-state index in [9.17, 15) is 17.6 Å². The lowest BCUT2D eigenvalue weighted by Crippen LogP contribution is -2.41. The Morgan fingerprint density at radius 2 is 1.59 bits per heavy atom. The van der Waals surface area contributed by atoms with Gasteiger partial charge < -0.3 is 14.8 Å². The Bertz CT molecular complexity index is 1190. The Hall–Kier alpha value is -3.59. The van der Waals surface area contributed by atoms with Gasteiger partial charge in [-0.3, -0.25) is 9.10 Å². The van der Waals surface area contributed by atoms with Crippen molar-refractivity contribution in [3.8, 4) is 11.5 Å². The average molecular weight is 459 g/mol. The summed E-state index contributed by atoms with van der Waals surface area (Å²) in [5.41, 5.74) is 0.511. The second kappa shape index (κ2) is 10.1. The maximum atomic E-state index is 14.5. The zero-order valence-corrected chi connectivity index (χ0v) is 18.4. The van der Waals surface area contributed by atoms with Crippen LogP contribution in [-0.2, 0) is 21.4 Å². The van der Waals surface area contributed by atoms with E-state index in [1.807, 2.05) is 0 Å². The van der Waals surface area contributed by atoms with Gasteiger partial charge in [0.1, 0.15) is 12.4 Å². The van der Waals surface area contributed by atoms with E-state index < -0.39 is 28.3 Å². The monoisotopic (exact) mass is 458 g/mol. The first-order valence-corrected chi connectivity index (χ1v) is 11.1. The van der Waals surface area contributed by atoms with Gasteiger partial charge >= 0.3 is 0 Å². The van der Waals surface area contributed by atoms with Crippen LogP contribution in [0.3, 0.4) is 0 Å². The number of rotatable bonds is 9. The lowest BCUT2D eigenvalue weighted by atomic mass is 10.2. The number of carbonyl (C=O) groups is 1. The maximum absolute atomic E-state index is 14.5. The SMILES string of the molecule is COc1ccc(CNC(=O)CN(c2ccccc2F)S(=O)(=O)c2ccccc2)cc1OC. The summed E-state index contributed by atoms with van der Waals surface area (Å²) in [5, 5.41) is 2.67. The highest BCUT2D eigenvalue weighted by Crippen LogP contribution is 2.28.